The minimum Gasteiger partial charge on any atom is -0.298 e. The summed E-state index contributed by atoms with van der Waals surface area (Å²) in [4.78, 5) is 0. The second-order valence-corrected chi connectivity index (χ2v) is 2.01. The highest BCUT2D eigenvalue weighted by atomic mass is 15.3. The molecule has 0 fully saturated rings. The first kappa shape index (κ1) is 1.86. The van der Waals surface area contributed by atoms with Crippen LogP contribution < -0.4 is 4.48 Å². The average molecular weight is 145 g/mol. The summed E-state index contributed by atoms with van der Waals surface area (Å²) < 4.78 is 65.2. The van der Waals surface area contributed by atoms with Gasteiger partial charge in [0.2, 0.25) is 0 Å². The fourth-order valence-electron chi connectivity index (χ4n) is 0.652. The predicted molar refractivity (Wildman–Crippen MR) is 46.0 cm³/mol. The van der Waals surface area contributed by atoms with E-state index in [0.717, 1.165) is 0 Å². The minimum absolute atomic E-state index is 0.289. The van der Waals surface area contributed by atoms with Gasteiger partial charge in [-0.2, -0.15) is 0 Å². The van der Waals surface area contributed by atoms with Crippen molar-refractivity contribution in [3.63, 3.8) is 0 Å². The summed E-state index contributed by atoms with van der Waals surface area (Å²) in [6.07, 6.45) is 0. The smallest absolute Gasteiger partial charge is 0.132 e. The summed E-state index contributed by atoms with van der Waals surface area (Å²) >= 11 is 0. The van der Waals surface area contributed by atoms with Crippen LogP contribution in [0.15, 0.2) is 30.3 Å². The molecule has 0 aromatic heterocycles. The third-order valence-electron chi connectivity index (χ3n) is 1.14. The Morgan fingerprint density at radius 1 is 1.10 bits per heavy atom. The van der Waals surface area contributed by atoms with E-state index in [4.69, 9.17) is 12.3 Å². The van der Waals surface area contributed by atoms with Crippen molar-refractivity contribution in [2.24, 2.45) is 0 Å². The van der Waals surface area contributed by atoms with Crippen molar-refractivity contribution in [1.82, 2.24) is 4.48 Å². The largest absolute Gasteiger partial charge is 0.298 e. The van der Waals surface area contributed by atoms with Gasteiger partial charge < -0.3 is 0 Å². The van der Waals surface area contributed by atoms with Gasteiger partial charge in [-0.25, -0.2) is 0 Å². The fraction of sp³-hybridized carbons (Fsp3) is 0.333. The highest BCUT2D eigenvalue weighted by Crippen LogP contribution is 2.14. The first-order valence-corrected chi connectivity index (χ1v) is 2.81. The molecule has 0 atom stereocenters. The quantitative estimate of drug-likeness (QED) is 0.529. The van der Waals surface area contributed by atoms with Crippen molar-refractivity contribution in [3.8, 4) is 0 Å². The van der Waals surface area contributed by atoms with Gasteiger partial charge in [-0.1, -0.05) is 18.2 Å². The highest BCUT2D eigenvalue weighted by Gasteiger charge is 2.08. The Labute approximate surface area is 75.1 Å². The molecule has 0 unspecified atom stereocenters. The van der Waals surface area contributed by atoms with Crippen molar-refractivity contribution in [2.45, 2.75) is 0 Å². The van der Waals surface area contributed by atoms with Crippen LogP contribution in [-0.2, 0) is 0 Å². The topological polar surface area (TPSA) is 0 Å². The van der Waals surface area contributed by atoms with Gasteiger partial charge in [0, 0.05) is 0 Å². The molecule has 1 nitrogen and oxygen atoms in total. The SMILES string of the molecule is [2H]C([2H])([2H])[N+](c1ccccc1)(C([2H])([2H])[2H])C([2H])([2H])[2H]. The molecule has 0 saturated heterocycles. The van der Waals surface area contributed by atoms with Gasteiger partial charge in [0.05, 0.1) is 33.3 Å². The number of rotatable bonds is 1. The molecular formula is C9H14N+. The van der Waals surface area contributed by atoms with E-state index in [1.807, 2.05) is 0 Å². The van der Waals surface area contributed by atoms with Crippen LogP contribution in [0.5, 0.6) is 0 Å². The van der Waals surface area contributed by atoms with Crippen LogP contribution in [0, 0.1) is 0 Å². The summed E-state index contributed by atoms with van der Waals surface area (Å²) in [5, 5.41) is 0. The van der Waals surface area contributed by atoms with E-state index in [1.165, 1.54) is 24.3 Å². The third kappa shape index (κ3) is 1.58. The van der Waals surface area contributed by atoms with Gasteiger partial charge in [0.1, 0.15) is 5.69 Å². The minimum atomic E-state index is -3.25. The van der Waals surface area contributed by atoms with Crippen LogP contribution in [0.2, 0.25) is 0 Å². The van der Waals surface area contributed by atoms with Crippen LogP contribution in [-0.4, -0.2) is 20.9 Å². The second-order valence-electron chi connectivity index (χ2n) is 2.01. The molecule has 0 radical (unpaired) electrons. The van der Waals surface area contributed by atoms with Crippen molar-refractivity contribution in [2.75, 3.05) is 20.9 Å². The molecular weight excluding hydrogens is 122 g/mol. The second kappa shape index (κ2) is 2.43. The summed E-state index contributed by atoms with van der Waals surface area (Å²) in [5.74, 6) is 0. The number of nitrogens with zero attached hydrogens (tertiary/aromatic N) is 1. The molecule has 0 aliphatic carbocycles. The standard InChI is InChI=1S/C9H14N/c1-10(2,3)9-7-5-4-6-8-9/h4-8H,1-3H3/q+1/i1D3,2D3,3D3. The maximum absolute atomic E-state index is 7.47. The molecule has 1 rings (SSSR count). The maximum atomic E-state index is 7.47. The maximum Gasteiger partial charge on any atom is 0.132 e. The van der Waals surface area contributed by atoms with Crippen LogP contribution in [0.4, 0.5) is 5.69 Å². The first-order chi connectivity index (χ1) is 8.36. The Morgan fingerprint density at radius 3 is 2.20 bits per heavy atom. The third-order valence-corrected chi connectivity index (χ3v) is 1.14. The summed E-state index contributed by atoms with van der Waals surface area (Å²) in [6, 6.07) is 6.77. The lowest BCUT2D eigenvalue weighted by Gasteiger charge is -2.22. The molecule has 0 bridgehead atoms. The van der Waals surface area contributed by atoms with Crippen molar-refractivity contribution >= 4 is 5.69 Å². The predicted octanol–water partition coefficient (Wildman–Crippen LogP) is 1.88. The van der Waals surface area contributed by atoms with E-state index < -0.39 is 25.4 Å². The molecule has 54 valence electrons. The van der Waals surface area contributed by atoms with Crippen LogP contribution in [0.3, 0.4) is 0 Å². The van der Waals surface area contributed by atoms with E-state index in [1.54, 1.807) is 6.07 Å². The van der Waals surface area contributed by atoms with E-state index in [2.05, 4.69) is 0 Å². The molecule has 0 heterocycles. The zero-order valence-electron chi connectivity index (χ0n) is 14.3. The molecule has 10 heavy (non-hydrogen) atoms. The number of benzene rings is 1. The molecule has 0 aliphatic rings. The summed E-state index contributed by atoms with van der Waals surface area (Å²) in [7, 11) is 0. The van der Waals surface area contributed by atoms with E-state index in [-0.39, 0.29) is 5.69 Å². The van der Waals surface area contributed by atoms with E-state index in [0.29, 0.717) is 0 Å². The van der Waals surface area contributed by atoms with Gasteiger partial charge >= 0.3 is 0 Å². The van der Waals surface area contributed by atoms with E-state index >= 15 is 0 Å². The molecule has 0 saturated carbocycles. The Bertz CT molecular complexity index is 392. The Hall–Kier alpha value is -0.820. The zero-order chi connectivity index (χ0) is 15.1. The normalized spacial score (nSPS) is 28.6. The number of hydrogen-bond donors (Lipinski definition) is 0. The van der Waals surface area contributed by atoms with Crippen LogP contribution >= 0.6 is 0 Å². The van der Waals surface area contributed by atoms with Gasteiger partial charge in [0.15, 0.2) is 0 Å². The zero-order valence-corrected chi connectivity index (χ0v) is 5.33. The highest BCUT2D eigenvalue weighted by molar-refractivity contribution is 5.40. The van der Waals surface area contributed by atoms with Gasteiger partial charge in [0.25, 0.3) is 0 Å². The van der Waals surface area contributed by atoms with E-state index in [9.17, 15) is 0 Å². The number of quaternary nitrogens is 1. The Kier molecular flexibility index (Phi) is 0.451. The fourth-order valence-corrected chi connectivity index (χ4v) is 0.652. The van der Waals surface area contributed by atoms with Gasteiger partial charge in [-0.05, 0) is 12.1 Å². The average Bonchev–Trinajstić information content (AvgIpc) is 2.12. The van der Waals surface area contributed by atoms with Gasteiger partial charge in [-0.15, -0.1) is 0 Å². The number of para-hydroxylation sites is 1. The molecule has 0 N–H and O–H groups in total. The summed E-state index contributed by atoms with van der Waals surface area (Å²) in [5.41, 5.74) is -0.289. The van der Waals surface area contributed by atoms with Crippen molar-refractivity contribution in [3.05, 3.63) is 30.3 Å². The monoisotopic (exact) mass is 145 g/mol. The molecule has 1 aromatic carbocycles. The molecule has 0 amide bonds. The van der Waals surface area contributed by atoms with Crippen molar-refractivity contribution in [1.29, 1.82) is 0 Å². The Balaban J connectivity index is 3.76. The first-order valence-electron chi connectivity index (χ1n) is 7.31. The molecule has 0 aliphatic heterocycles. The lowest BCUT2D eigenvalue weighted by molar-refractivity contribution is 0.486. The molecule has 1 heteroatoms. The van der Waals surface area contributed by atoms with Crippen LogP contribution in [0.25, 0.3) is 0 Å². The molecule has 0 spiro atoms. The summed E-state index contributed by atoms with van der Waals surface area (Å²) in [6.45, 7) is -9.76. The lowest BCUT2D eigenvalue weighted by atomic mass is 10.3. The van der Waals surface area contributed by atoms with Crippen molar-refractivity contribution < 1.29 is 12.3 Å². The van der Waals surface area contributed by atoms with Gasteiger partial charge in [-0.3, -0.25) is 4.48 Å². The Morgan fingerprint density at radius 2 is 1.70 bits per heavy atom. The number of hydrogen-bond acceptors (Lipinski definition) is 0. The van der Waals surface area contributed by atoms with Crippen LogP contribution in [0.1, 0.15) is 12.3 Å². The lowest BCUT2D eigenvalue weighted by Crippen LogP contribution is -2.34. The molecule has 1 aromatic rings.